The second-order valence-corrected chi connectivity index (χ2v) is 4.88. The maximum Gasteiger partial charge on any atom is 0.175 e. The summed E-state index contributed by atoms with van der Waals surface area (Å²) >= 11 is 3.45. The Kier molecular flexibility index (Phi) is 3.40. The molecule has 0 amide bonds. The monoisotopic (exact) mass is 286 g/mol. The normalized spacial score (nSPS) is 17.0. The number of aliphatic hydroxyl groups excluding tert-OH is 1. The maximum atomic E-state index is 9.54. The summed E-state index contributed by atoms with van der Waals surface area (Å²) in [6, 6.07) is 3.68. The molecule has 1 unspecified atom stereocenters. The van der Waals surface area contributed by atoms with Crippen LogP contribution in [0.5, 0.6) is 11.5 Å². The topological polar surface area (TPSA) is 38.7 Å². The van der Waals surface area contributed by atoms with E-state index in [1.54, 1.807) is 14.0 Å². The lowest BCUT2D eigenvalue weighted by atomic mass is 10.1. The number of hydrogen-bond donors (Lipinski definition) is 1. The lowest BCUT2D eigenvalue weighted by Crippen LogP contribution is -2.01. The SMILES string of the molecule is COc1cc(C(C)O)cc(Br)c1OC1CC1. The van der Waals surface area contributed by atoms with Gasteiger partial charge >= 0.3 is 0 Å². The molecule has 88 valence electrons. The Morgan fingerprint density at radius 1 is 1.44 bits per heavy atom. The van der Waals surface area contributed by atoms with Crippen LogP contribution in [0.15, 0.2) is 16.6 Å². The van der Waals surface area contributed by atoms with Crippen molar-refractivity contribution in [2.75, 3.05) is 7.11 Å². The van der Waals surface area contributed by atoms with Crippen LogP contribution in [0, 0.1) is 0 Å². The van der Waals surface area contributed by atoms with E-state index in [2.05, 4.69) is 15.9 Å². The molecule has 0 spiro atoms. The van der Waals surface area contributed by atoms with Gasteiger partial charge in [-0.05, 0) is 53.4 Å². The molecule has 3 nitrogen and oxygen atoms in total. The fourth-order valence-electron chi connectivity index (χ4n) is 1.45. The third kappa shape index (κ3) is 2.50. The quantitative estimate of drug-likeness (QED) is 0.925. The van der Waals surface area contributed by atoms with Crippen LogP contribution < -0.4 is 9.47 Å². The van der Waals surface area contributed by atoms with Gasteiger partial charge in [-0.1, -0.05) is 0 Å². The largest absolute Gasteiger partial charge is 0.493 e. The Morgan fingerprint density at radius 2 is 2.12 bits per heavy atom. The molecule has 0 heterocycles. The van der Waals surface area contributed by atoms with E-state index in [1.165, 1.54) is 0 Å². The highest BCUT2D eigenvalue weighted by Crippen LogP contribution is 2.41. The molecule has 0 aromatic heterocycles. The van der Waals surface area contributed by atoms with Crippen LogP contribution in [0.25, 0.3) is 0 Å². The Hall–Kier alpha value is -0.740. The molecule has 16 heavy (non-hydrogen) atoms. The van der Waals surface area contributed by atoms with Gasteiger partial charge < -0.3 is 14.6 Å². The van der Waals surface area contributed by atoms with Crippen molar-refractivity contribution in [3.63, 3.8) is 0 Å². The van der Waals surface area contributed by atoms with Crippen molar-refractivity contribution in [1.82, 2.24) is 0 Å². The number of halogens is 1. The van der Waals surface area contributed by atoms with Gasteiger partial charge in [-0.2, -0.15) is 0 Å². The summed E-state index contributed by atoms with van der Waals surface area (Å²) in [7, 11) is 1.60. The number of rotatable bonds is 4. The van der Waals surface area contributed by atoms with Gasteiger partial charge in [0.05, 0.1) is 23.8 Å². The van der Waals surface area contributed by atoms with Crippen molar-refractivity contribution < 1.29 is 14.6 Å². The molecule has 4 heteroatoms. The van der Waals surface area contributed by atoms with Gasteiger partial charge in [-0.3, -0.25) is 0 Å². The molecule has 1 N–H and O–H groups in total. The second-order valence-electron chi connectivity index (χ2n) is 4.03. The minimum absolute atomic E-state index is 0.322. The molecule has 0 aliphatic heterocycles. The molecule has 1 saturated carbocycles. The van der Waals surface area contributed by atoms with E-state index >= 15 is 0 Å². The Bertz CT molecular complexity index is 386. The number of aliphatic hydroxyl groups is 1. The first kappa shape index (κ1) is 11.7. The van der Waals surface area contributed by atoms with Gasteiger partial charge in [0.2, 0.25) is 0 Å². The number of benzene rings is 1. The van der Waals surface area contributed by atoms with E-state index in [0.29, 0.717) is 11.9 Å². The zero-order valence-electron chi connectivity index (χ0n) is 9.37. The standard InChI is InChI=1S/C12H15BrO3/c1-7(14)8-5-10(13)12(11(6-8)15-2)16-9-3-4-9/h5-7,9,14H,3-4H2,1-2H3. The van der Waals surface area contributed by atoms with Crippen LogP contribution in [0.4, 0.5) is 0 Å². The van der Waals surface area contributed by atoms with Crippen LogP contribution in [-0.4, -0.2) is 18.3 Å². The van der Waals surface area contributed by atoms with Gasteiger partial charge in [0.25, 0.3) is 0 Å². The zero-order chi connectivity index (χ0) is 11.7. The van der Waals surface area contributed by atoms with E-state index in [0.717, 1.165) is 28.6 Å². The minimum Gasteiger partial charge on any atom is -0.493 e. The summed E-state index contributed by atoms with van der Waals surface area (Å²) in [5, 5.41) is 9.54. The first-order valence-electron chi connectivity index (χ1n) is 5.34. The summed E-state index contributed by atoms with van der Waals surface area (Å²) in [6.07, 6.45) is 2.02. The fourth-order valence-corrected chi connectivity index (χ4v) is 2.00. The first-order chi connectivity index (χ1) is 7.61. The highest BCUT2D eigenvalue weighted by Gasteiger charge is 2.26. The molecule has 1 aromatic carbocycles. The molecule has 1 aliphatic rings. The Labute approximate surface area is 104 Å². The number of ether oxygens (including phenoxy) is 2. The van der Waals surface area contributed by atoms with Gasteiger partial charge in [-0.15, -0.1) is 0 Å². The van der Waals surface area contributed by atoms with E-state index in [1.807, 2.05) is 12.1 Å². The third-order valence-corrected chi connectivity index (χ3v) is 3.13. The average molecular weight is 287 g/mol. The van der Waals surface area contributed by atoms with Crippen LogP contribution in [-0.2, 0) is 0 Å². The van der Waals surface area contributed by atoms with E-state index in [4.69, 9.17) is 9.47 Å². The van der Waals surface area contributed by atoms with E-state index in [-0.39, 0.29) is 0 Å². The Morgan fingerprint density at radius 3 is 2.62 bits per heavy atom. The van der Waals surface area contributed by atoms with E-state index < -0.39 is 6.10 Å². The highest BCUT2D eigenvalue weighted by molar-refractivity contribution is 9.10. The van der Waals surface area contributed by atoms with E-state index in [9.17, 15) is 5.11 Å². The van der Waals surface area contributed by atoms with Gasteiger partial charge in [0.1, 0.15) is 0 Å². The maximum absolute atomic E-state index is 9.54. The smallest absolute Gasteiger partial charge is 0.175 e. The van der Waals surface area contributed by atoms with Crippen molar-refractivity contribution in [3.05, 3.63) is 22.2 Å². The minimum atomic E-state index is -0.514. The summed E-state index contributed by atoms with van der Waals surface area (Å²) < 4.78 is 11.9. The van der Waals surface area contributed by atoms with Gasteiger partial charge in [0, 0.05) is 0 Å². The lowest BCUT2D eigenvalue weighted by Gasteiger charge is -2.15. The third-order valence-electron chi connectivity index (χ3n) is 2.54. The van der Waals surface area contributed by atoms with Crippen molar-refractivity contribution >= 4 is 15.9 Å². The predicted octanol–water partition coefficient (Wildman–Crippen LogP) is 3.05. The van der Waals surface area contributed by atoms with Crippen LogP contribution in [0.2, 0.25) is 0 Å². The molecule has 0 saturated heterocycles. The van der Waals surface area contributed by atoms with Crippen molar-refractivity contribution in [1.29, 1.82) is 0 Å². The van der Waals surface area contributed by atoms with Crippen molar-refractivity contribution in [2.24, 2.45) is 0 Å². The fraction of sp³-hybridized carbons (Fsp3) is 0.500. The molecule has 2 rings (SSSR count). The Balaban J connectivity index is 2.34. The molecule has 1 atom stereocenters. The van der Waals surface area contributed by atoms with Crippen molar-refractivity contribution in [3.8, 4) is 11.5 Å². The summed E-state index contributed by atoms with van der Waals surface area (Å²) in [4.78, 5) is 0. The molecule has 1 aliphatic carbocycles. The molecule has 1 fully saturated rings. The molecule has 1 aromatic rings. The average Bonchev–Trinajstić information content (AvgIpc) is 3.04. The summed E-state index contributed by atoms with van der Waals surface area (Å²) in [6.45, 7) is 1.72. The first-order valence-corrected chi connectivity index (χ1v) is 6.13. The number of methoxy groups -OCH3 is 1. The zero-order valence-corrected chi connectivity index (χ0v) is 11.0. The molecule has 0 bridgehead atoms. The van der Waals surface area contributed by atoms with Crippen LogP contribution in [0.3, 0.4) is 0 Å². The van der Waals surface area contributed by atoms with Gasteiger partial charge in [0.15, 0.2) is 11.5 Å². The molecular weight excluding hydrogens is 272 g/mol. The predicted molar refractivity (Wildman–Crippen MR) is 65.0 cm³/mol. The van der Waals surface area contributed by atoms with Gasteiger partial charge in [-0.25, -0.2) is 0 Å². The molecule has 0 radical (unpaired) electrons. The summed E-state index contributed by atoms with van der Waals surface area (Å²) in [5.41, 5.74) is 0.812. The van der Waals surface area contributed by atoms with Crippen molar-refractivity contribution in [2.45, 2.75) is 32.0 Å². The van der Waals surface area contributed by atoms with Crippen LogP contribution >= 0.6 is 15.9 Å². The van der Waals surface area contributed by atoms with Crippen LogP contribution in [0.1, 0.15) is 31.4 Å². The summed E-state index contributed by atoms with van der Waals surface area (Å²) in [5.74, 6) is 1.39. The number of hydrogen-bond acceptors (Lipinski definition) is 3. The molecular formula is C12H15BrO3. The highest BCUT2D eigenvalue weighted by atomic mass is 79.9. The second kappa shape index (κ2) is 4.63. The lowest BCUT2D eigenvalue weighted by molar-refractivity contribution is 0.198.